The summed E-state index contributed by atoms with van der Waals surface area (Å²) in [7, 11) is 0. The predicted octanol–water partition coefficient (Wildman–Crippen LogP) is 2.34. The molecule has 1 fully saturated rings. The van der Waals surface area contributed by atoms with Crippen LogP contribution in [0.1, 0.15) is 36.8 Å². The summed E-state index contributed by atoms with van der Waals surface area (Å²) in [6.45, 7) is 2.12. The van der Waals surface area contributed by atoms with Gasteiger partial charge in [-0.05, 0) is 30.9 Å². The minimum absolute atomic E-state index is 0.477. The van der Waals surface area contributed by atoms with Crippen LogP contribution in [0.4, 0.5) is 0 Å². The fraction of sp³-hybridized carbons (Fsp3) is 0.500. The number of nitrogens with two attached hydrogens (primary N) is 1. The van der Waals surface area contributed by atoms with E-state index in [4.69, 9.17) is 10.8 Å². The minimum Gasteiger partial charge on any atom is -0.312 e. The van der Waals surface area contributed by atoms with Crippen LogP contribution >= 0.6 is 0 Å². The molecule has 0 amide bonds. The van der Waals surface area contributed by atoms with Crippen LogP contribution in [-0.4, -0.2) is 11.9 Å². The fourth-order valence-electron chi connectivity index (χ4n) is 2.38. The number of hydrogen-bond acceptors (Lipinski definition) is 2. The van der Waals surface area contributed by atoms with Gasteiger partial charge in [0.15, 0.2) is 0 Å². The maximum atomic E-state index is 5.57. The van der Waals surface area contributed by atoms with Gasteiger partial charge in [0.05, 0.1) is 6.04 Å². The monoisotopic (exact) mass is 231 g/mol. The van der Waals surface area contributed by atoms with Crippen molar-refractivity contribution in [3.8, 4) is 0 Å². The van der Waals surface area contributed by atoms with Gasteiger partial charge in [0.2, 0.25) is 0 Å². The highest BCUT2D eigenvalue weighted by molar-refractivity contribution is 5.84. The summed E-state index contributed by atoms with van der Waals surface area (Å²) in [6.07, 6.45) is 5.82. The first-order chi connectivity index (χ1) is 8.29. The zero-order valence-corrected chi connectivity index (χ0v) is 10.4. The lowest BCUT2D eigenvalue weighted by atomic mass is 10.1. The zero-order chi connectivity index (χ0) is 12.1. The summed E-state index contributed by atoms with van der Waals surface area (Å²) in [6, 6.07) is 8.86. The standard InChI is InChI=1S/C14H21N3/c1-11-6-2-3-7-12(11)10-14(17-15)16-13-8-4-5-9-13/h2-3,6-7,13H,4-5,8-10,15H2,1H3,(H,16,17). The van der Waals surface area contributed by atoms with Crippen molar-refractivity contribution in [3.63, 3.8) is 0 Å². The molecular weight excluding hydrogens is 210 g/mol. The average molecular weight is 231 g/mol. The van der Waals surface area contributed by atoms with Crippen LogP contribution in [0.5, 0.6) is 0 Å². The van der Waals surface area contributed by atoms with Crippen LogP contribution in [0.2, 0.25) is 0 Å². The van der Waals surface area contributed by atoms with E-state index in [1.165, 1.54) is 36.8 Å². The second-order valence-corrected chi connectivity index (χ2v) is 4.76. The molecule has 1 aliphatic rings. The Hall–Kier alpha value is -1.35. The summed E-state index contributed by atoms with van der Waals surface area (Å²) in [5.74, 6) is 6.48. The van der Waals surface area contributed by atoms with E-state index in [1.54, 1.807) is 0 Å². The Morgan fingerprint density at radius 2 is 2.06 bits per heavy atom. The quantitative estimate of drug-likeness (QED) is 0.363. The molecule has 1 saturated carbocycles. The molecule has 3 N–H and O–H groups in total. The number of aryl methyl sites for hydroxylation is 1. The summed E-state index contributed by atoms with van der Waals surface area (Å²) in [4.78, 5) is 4.71. The second kappa shape index (κ2) is 5.82. The van der Waals surface area contributed by atoms with Gasteiger partial charge in [-0.3, -0.25) is 4.99 Å². The van der Waals surface area contributed by atoms with Gasteiger partial charge >= 0.3 is 0 Å². The lowest BCUT2D eigenvalue weighted by Gasteiger charge is -2.11. The number of nitrogens with one attached hydrogen (secondary N) is 1. The van der Waals surface area contributed by atoms with Crippen molar-refractivity contribution in [2.75, 3.05) is 0 Å². The number of hydrogen-bond donors (Lipinski definition) is 2. The van der Waals surface area contributed by atoms with Crippen LogP contribution in [0.3, 0.4) is 0 Å². The summed E-state index contributed by atoms with van der Waals surface area (Å²) in [5, 5.41) is 0. The Labute approximate surface area is 103 Å². The molecule has 0 radical (unpaired) electrons. The molecule has 1 aromatic carbocycles. The van der Waals surface area contributed by atoms with Crippen molar-refractivity contribution < 1.29 is 0 Å². The van der Waals surface area contributed by atoms with Gasteiger partial charge in [-0.1, -0.05) is 37.1 Å². The number of nitrogens with zero attached hydrogens (tertiary/aromatic N) is 1. The Morgan fingerprint density at radius 1 is 1.35 bits per heavy atom. The van der Waals surface area contributed by atoms with Gasteiger partial charge in [-0.2, -0.15) is 0 Å². The molecule has 0 aliphatic heterocycles. The molecule has 92 valence electrons. The van der Waals surface area contributed by atoms with Crippen molar-refractivity contribution >= 4 is 5.84 Å². The highest BCUT2D eigenvalue weighted by Crippen LogP contribution is 2.21. The fourth-order valence-corrected chi connectivity index (χ4v) is 2.38. The van der Waals surface area contributed by atoms with E-state index in [0.717, 1.165) is 12.3 Å². The molecule has 0 atom stereocenters. The third-order valence-corrected chi connectivity index (χ3v) is 3.45. The van der Waals surface area contributed by atoms with Gasteiger partial charge in [-0.25, -0.2) is 5.84 Å². The van der Waals surface area contributed by atoms with Gasteiger partial charge in [0, 0.05) is 6.42 Å². The number of rotatable bonds is 3. The molecule has 17 heavy (non-hydrogen) atoms. The second-order valence-electron chi connectivity index (χ2n) is 4.76. The average Bonchev–Trinajstić information content (AvgIpc) is 2.84. The van der Waals surface area contributed by atoms with E-state index >= 15 is 0 Å². The number of benzene rings is 1. The molecule has 1 aromatic rings. The van der Waals surface area contributed by atoms with Crippen molar-refractivity contribution in [3.05, 3.63) is 35.4 Å². The summed E-state index contributed by atoms with van der Waals surface area (Å²) < 4.78 is 0. The topological polar surface area (TPSA) is 50.4 Å². The number of amidine groups is 1. The lowest BCUT2D eigenvalue weighted by molar-refractivity contribution is 0.697. The lowest BCUT2D eigenvalue weighted by Crippen LogP contribution is -2.33. The highest BCUT2D eigenvalue weighted by Gasteiger charge is 2.14. The Balaban J connectivity index is 2.06. The SMILES string of the molecule is Cc1ccccc1CC(=NC1CCCC1)NN. The van der Waals surface area contributed by atoms with E-state index in [1.807, 2.05) is 0 Å². The van der Waals surface area contributed by atoms with Crippen molar-refractivity contribution in [1.82, 2.24) is 5.43 Å². The molecule has 0 bridgehead atoms. The predicted molar refractivity (Wildman–Crippen MR) is 71.9 cm³/mol. The Bertz CT molecular complexity index is 392. The molecular formula is C14H21N3. The molecule has 0 spiro atoms. The number of hydrazine groups is 1. The molecule has 0 aromatic heterocycles. The van der Waals surface area contributed by atoms with Crippen LogP contribution in [-0.2, 0) is 6.42 Å². The van der Waals surface area contributed by atoms with Crippen LogP contribution in [0.15, 0.2) is 29.3 Å². The summed E-state index contributed by atoms with van der Waals surface area (Å²) >= 11 is 0. The summed E-state index contributed by atoms with van der Waals surface area (Å²) in [5.41, 5.74) is 5.34. The first-order valence-electron chi connectivity index (χ1n) is 6.37. The van der Waals surface area contributed by atoms with Crippen LogP contribution in [0.25, 0.3) is 0 Å². The smallest absolute Gasteiger partial charge is 0.115 e. The first-order valence-corrected chi connectivity index (χ1v) is 6.37. The van der Waals surface area contributed by atoms with Gasteiger partial charge < -0.3 is 5.43 Å². The maximum Gasteiger partial charge on any atom is 0.115 e. The first kappa shape index (κ1) is 12.1. The zero-order valence-electron chi connectivity index (χ0n) is 10.4. The van der Waals surface area contributed by atoms with E-state index in [9.17, 15) is 0 Å². The van der Waals surface area contributed by atoms with Gasteiger partial charge in [0.25, 0.3) is 0 Å². The van der Waals surface area contributed by atoms with Crippen molar-refractivity contribution in [2.24, 2.45) is 10.8 Å². The molecule has 3 heteroatoms. The van der Waals surface area contributed by atoms with E-state index in [0.29, 0.717) is 6.04 Å². The van der Waals surface area contributed by atoms with Gasteiger partial charge in [-0.15, -0.1) is 0 Å². The van der Waals surface area contributed by atoms with Gasteiger partial charge in [0.1, 0.15) is 5.84 Å². The highest BCUT2D eigenvalue weighted by atomic mass is 15.3. The van der Waals surface area contributed by atoms with E-state index < -0.39 is 0 Å². The van der Waals surface area contributed by atoms with Crippen LogP contribution < -0.4 is 11.3 Å². The molecule has 2 rings (SSSR count). The Morgan fingerprint density at radius 3 is 2.71 bits per heavy atom. The van der Waals surface area contributed by atoms with E-state index in [-0.39, 0.29) is 0 Å². The Kier molecular flexibility index (Phi) is 4.15. The molecule has 0 unspecified atom stereocenters. The number of aliphatic imine (C=N–C) groups is 1. The maximum absolute atomic E-state index is 5.57. The largest absolute Gasteiger partial charge is 0.312 e. The third-order valence-electron chi connectivity index (χ3n) is 3.45. The van der Waals surface area contributed by atoms with E-state index in [2.05, 4.69) is 36.6 Å². The third kappa shape index (κ3) is 3.30. The van der Waals surface area contributed by atoms with Crippen molar-refractivity contribution in [1.29, 1.82) is 0 Å². The van der Waals surface area contributed by atoms with Crippen LogP contribution in [0, 0.1) is 6.92 Å². The van der Waals surface area contributed by atoms with Crippen molar-refractivity contribution in [2.45, 2.75) is 45.1 Å². The molecule has 0 saturated heterocycles. The molecule has 0 heterocycles. The minimum atomic E-state index is 0.477. The molecule has 1 aliphatic carbocycles. The molecule has 3 nitrogen and oxygen atoms in total. The normalized spacial score (nSPS) is 17.4.